The zero-order valence-electron chi connectivity index (χ0n) is 8.56. The Kier molecular flexibility index (Phi) is 4.23. The summed E-state index contributed by atoms with van der Waals surface area (Å²) < 4.78 is 0. The van der Waals surface area contributed by atoms with Crippen molar-refractivity contribution in [3.05, 3.63) is 22.7 Å². The molecule has 0 saturated carbocycles. The largest absolute Gasteiger partial charge is 0.393 e. The molecule has 15 heavy (non-hydrogen) atoms. The maximum absolute atomic E-state index is 11.4. The van der Waals surface area contributed by atoms with Crippen LogP contribution in [0.5, 0.6) is 0 Å². The van der Waals surface area contributed by atoms with E-state index >= 15 is 0 Å². The molecule has 82 valence electrons. The van der Waals surface area contributed by atoms with Gasteiger partial charge in [-0.15, -0.1) is 0 Å². The molecule has 1 aromatic rings. The molecule has 0 radical (unpaired) electrons. The fraction of sp³-hybridized carbons (Fsp3) is 0.444. The molecule has 0 aliphatic heterocycles. The second kappa shape index (κ2) is 5.45. The van der Waals surface area contributed by atoms with Crippen LogP contribution < -0.4 is 16.2 Å². The van der Waals surface area contributed by atoms with Gasteiger partial charge in [-0.25, -0.2) is 4.98 Å². The lowest BCUT2D eigenvalue weighted by Gasteiger charge is -2.20. The molecule has 1 rings (SSSR count). The van der Waals surface area contributed by atoms with E-state index in [0.717, 1.165) is 0 Å². The molecule has 0 unspecified atom stereocenters. The average Bonchev–Trinajstić information content (AvgIpc) is 2.21. The lowest BCUT2D eigenvalue weighted by Crippen LogP contribution is -2.32. The lowest BCUT2D eigenvalue weighted by molar-refractivity contribution is 0.808. The van der Waals surface area contributed by atoms with Gasteiger partial charge in [-0.2, -0.15) is 0 Å². The molecule has 0 atom stereocenters. The average molecular weight is 226 g/mol. The van der Waals surface area contributed by atoms with Gasteiger partial charge in [-0.05, 0) is 6.92 Å². The van der Waals surface area contributed by atoms with Crippen molar-refractivity contribution in [3.8, 4) is 0 Å². The van der Waals surface area contributed by atoms with Crippen molar-refractivity contribution in [2.24, 2.45) is 5.73 Å². The van der Waals surface area contributed by atoms with Gasteiger partial charge in [-0.1, -0.05) is 12.2 Å². The van der Waals surface area contributed by atoms with Crippen LogP contribution in [-0.2, 0) is 0 Å². The molecule has 0 fully saturated rings. The quantitative estimate of drug-likeness (QED) is 0.705. The number of aromatic nitrogens is 2. The van der Waals surface area contributed by atoms with E-state index in [1.165, 1.54) is 6.20 Å². The van der Waals surface area contributed by atoms with Crippen molar-refractivity contribution >= 4 is 23.0 Å². The summed E-state index contributed by atoms with van der Waals surface area (Å²) in [5, 5.41) is 0. The van der Waals surface area contributed by atoms with Gasteiger partial charge in [0.05, 0.1) is 4.99 Å². The summed E-state index contributed by atoms with van der Waals surface area (Å²) >= 11 is 4.79. The highest BCUT2D eigenvalue weighted by Gasteiger charge is 2.09. The number of anilines is 1. The molecule has 3 N–H and O–H groups in total. The summed E-state index contributed by atoms with van der Waals surface area (Å²) in [4.78, 5) is 20.3. The van der Waals surface area contributed by atoms with E-state index in [1.54, 1.807) is 6.20 Å². The fourth-order valence-electron chi connectivity index (χ4n) is 1.23. The topological polar surface area (TPSA) is 75.0 Å². The van der Waals surface area contributed by atoms with Crippen LogP contribution in [0.15, 0.2) is 17.2 Å². The van der Waals surface area contributed by atoms with Crippen molar-refractivity contribution in [1.82, 2.24) is 9.97 Å². The molecule has 6 heteroatoms. The molecule has 0 aliphatic rings. The first kappa shape index (κ1) is 11.6. The fourth-order valence-corrected chi connectivity index (χ4v) is 1.32. The minimum Gasteiger partial charge on any atom is -0.393 e. The highest BCUT2D eigenvalue weighted by Crippen LogP contribution is 2.02. The predicted molar refractivity (Wildman–Crippen MR) is 64.1 cm³/mol. The maximum atomic E-state index is 11.4. The second-order valence-corrected chi connectivity index (χ2v) is 3.56. The van der Waals surface area contributed by atoms with Crippen molar-refractivity contribution in [2.45, 2.75) is 13.3 Å². The SMILES string of the molecule is CCN(CCC(N)=S)c1ncc[nH]c1=O. The van der Waals surface area contributed by atoms with E-state index < -0.39 is 0 Å². The van der Waals surface area contributed by atoms with Crippen molar-refractivity contribution < 1.29 is 0 Å². The molecule has 0 bridgehead atoms. The molecule has 0 spiro atoms. The Balaban J connectivity index is 2.79. The zero-order chi connectivity index (χ0) is 11.3. The number of hydrogen-bond donors (Lipinski definition) is 2. The van der Waals surface area contributed by atoms with E-state index in [0.29, 0.717) is 30.3 Å². The Hall–Kier alpha value is -1.43. The summed E-state index contributed by atoms with van der Waals surface area (Å²) in [6.45, 7) is 3.27. The van der Waals surface area contributed by atoms with Gasteiger partial charge in [0.25, 0.3) is 5.56 Å². The molecular formula is C9H14N4OS. The summed E-state index contributed by atoms with van der Waals surface area (Å²) in [5.41, 5.74) is 5.22. The highest BCUT2D eigenvalue weighted by molar-refractivity contribution is 7.80. The number of nitrogens with zero attached hydrogens (tertiary/aromatic N) is 2. The van der Waals surface area contributed by atoms with E-state index in [9.17, 15) is 4.79 Å². The van der Waals surface area contributed by atoms with Crippen molar-refractivity contribution in [3.63, 3.8) is 0 Å². The van der Waals surface area contributed by atoms with Crippen LogP contribution >= 0.6 is 12.2 Å². The number of nitrogens with two attached hydrogens (primary N) is 1. The van der Waals surface area contributed by atoms with E-state index in [1.807, 2.05) is 11.8 Å². The standard InChI is InChI=1S/C9H14N4OS/c1-2-13(6-3-7(10)15)8-9(14)12-5-4-11-8/h4-5H,2-3,6H2,1H3,(H2,10,15)(H,12,14). The number of rotatable bonds is 5. The van der Waals surface area contributed by atoms with Gasteiger partial charge >= 0.3 is 0 Å². The number of H-pyrrole nitrogens is 1. The van der Waals surface area contributed by atoms with E-state index in [2.05, 4.69) is 9.97 Å². The monoisotopic (exact) mass is 226 g/mol. The molecule has 0 aliphatic carbocycles. The molecular weight excluding hydrogens is 212 g/mol. The number of aromatic amines is 1. The molecule has 0 amide bonds. The van der Waals surface area contributed by atoms with E-state index in [4.69, 9.17) is 18.0 Å². The van der Waals surface area contributed by atoms with Crippen LogP contribution in [0.25, 0.3) is 0 Å². The number of nitrogens with one attached hydrogen (secondary N) is 1. The lowest BCUT2D eigenvalue weighted by atomic mass is 10.3. The molecule has 0 saturated heterocycles. The smallest absolute Gasteiger partial charge is 0.290 e. The normalized spacial score (nSPS) is 9.93. The van der Waals surface area contributed by atoms with Crippen LogP contribution in [0.2, 0.25) is 0 Å². The zero-order valence-corrected chi connectivity index (χ0v) is 9.38. The molecule has 1 aromatic heterocycles. The van der Waals surface area contributed by atoms with Crippen molar-refractivity contribution in [1.29, 1.82) is 0 Å². The third kappa shape index (κ3) is 3.32. The summed E-state index contributed by atoms with van der Waals surface area (Å²) in [6, 6.07) is 0. The first-order valence-corrected chi connectivity index (χ1v) is 5.13. The van der Waals surface area contributed by atoms with Crippen LogP contribution in [0.1, 0.15) is 13.3 Å². The van der Waals surface area contributed by atoms with E-state index in [-0.39, 0.29) is 5.56 Å². The van der Waals surface area contributed by atoms with Crippen molar-refractivity contribution in [2.75, 3.05) is 18.0 Å². The van der Waals surface area contributed by atoms with Gasteiger partial charge in [0.15, 0.2) is 5.82 Å². The third-order valence-corrected chi connectivity index (χ3v) is 2.20. The molecule has 1 heterocycles. The minimum atomic E-state index is -0.192. The first-order chi connectivity index (χ1) is 7.15. The van der Waals surface area contributed by atoms with Crippen LogP contribution in [0.3, 0.4) is 0 Å². The summed E-state index contributed by atoms with van der Waals surface area (Å²) in [7, 11) is 0. The Bertz CT molecular complexity index is 390. The third-order valence-electron chi connectivity index (χ3n) is 2.00. The predicted octanol–water partition coefficient (Wildman–Crippen LogP) is 0.272. The number of thiocarbonyl (C=S) groups is 1. The van der Waals surface area contributed by atoms with Gasteiger partial charge in [0.1, 0.15) is 0 Å². The Morgan fingerprint density at radius 3 is 3.00 bits per heavy atom. The van der Waals surface area contributed by atoms with Crippen LogP contribution in [0, 0.1) is 0 Å². The van der Waals surface area contributed by atoms with Gasteiger partial charge < -0.3 is 15.6 Å². The highest BCUT2D eigenvalue weighted by atomic mass is 32.1. The van der Waals surface area contributed by atoms with Crippen LogP contribution in [-0.4, -0.2) is 28.0 Å². The maximum Gasteiger partial charge on any atom is 0.290 e. The molecule has 5 nitrogen and oxygen atoms in total. The second-order valence-electron chi connectivity index (χ2n) is 3.04. The Morgan fingerprint density at radius 1 is 1.73 bits per heavy atom. The van der Waals surface area contributed by atoms with Gasteiger partial charge in [0.2, 0.25) is 0 Å². The summed E-state index contributed by atoms with van der Waals surface area (Å²) in [5.74, 6) is 0.413. The molecule has 0 aromatic carbocycles. The van der Waals surface area contributed by atoms with Crippen LogP contribution in [0.4, 0.5) is 5.82 Å². The van der Waals surface area contributed by atoms with Gasteiger partial charge in [-0.3, -0.25) is 4.79 Å². The minimum absolute atomic E-state index is 0.192. The number of hydrogen-bond acceptors (Lipinski definition) is 4. The Morgan fingerprint density at radius 2 is 2.47 bits per heavy atom. The van der Waals surface area contributed by atoms with Gasteiger partial charge in [0, 0.05) is 31.9 Å². The Labute approximate surface area is 93.3 Å². The first-order valence-electron chi connectivity index (χ1n) is 4.72. The summed E-state index contributed by atoms with van der Waals surface area (Å²) in [6.07, 6.45) is 3.65.